The molecular formula is C23H21F4N3. The second-order valence-corrected chi connectivity index (χ2v) is 7.60. The van der Waals surface area contributed by atoms with Crippen LogP contribution in [0.5, 0.6) is 0 Å². The molecule has 0 radical (unpaired) electrons. The van der Waals surface area contributed by atoms with Crippen LogP contribution >= 0.6 is 0 Å². The molecule has 0 N–H and O–H groups in total. The molecule has 1 saturated heterocycles. The molecule has 3 nitrogen and oxygen atoms in total. The van der Waals surface area contributed by atoms with Gasteiger partial charge in [0.25, 0.3) is 0 Å². The van der Waals surface area contributed by atoms with Crippen molar-refractivity contribution in [3.8, 4) is 11.4 Å². The van der Waals surface area contributed by atoms with Gasteiger partial charge in [0.1, 0.15) is 0 Å². The van der Waals surface area contributed by atoms with Gasteiger partial charge in [-0.3, -0.25) is 4.90 Å². The number of piperidine rings is 1. The van der Waals surface area contributed by atoms with Gasteiger partial charge in [-0.2, -0.15) is 13.2 Å². The summed E-state index contributed by atoms with van der Waals surface area (Å²) in [4.78, 5) is 10.3. The molecular weight excluding hydrogens is 394 g/mol. The number of likely N-dealkylation sites (tertiary alicyclic amines) is 1. The lowest BCUT2D eigenvalue weighted by atomic mass is 9.88. The Bertz CT molecular complexity index is 977. The smallest absolute Gasteiger partial charge is 0.299 e. The summed E-state index contributed by atoms with van der Waals surface area (Å²) in [6.45, 7) is 2.45. The second-order valence-electron chi connectivity index (χ2n) is 7.60. The third kappa shape index (κ3) is 4.84. The first-order valence-electron chi connectivity index (χ1n) is 9.85. The van der Waals surface area contributed by atoms with Gasteiger partial charge in [-0.25, -0.2) is 14.4 Å². The average Bonchev–Trinajstić information content (AvgIpc) is 2.75. The molecule has 1 fully saturated rings. The van der Waals surface area contributed by atoms with Crippen LogP contribution in [0.4, 0.5) is 17.6 Å². The lowest BCUT2D eigenvalue weighted by molar-refractivity contribution is -0.137. The Balaban J connectivity index is 1.34. The van der Waals surface area contributed by atoms with Gasteiger partial charge in [-0.15, -0.1) is 0 Å². The molecule has 0 atom stereocenters. The summed E-state index contributed by atoms with van der Waals surface area (Å²) in [6.07, 6.45) is -0.344. The Morgan fingerprint density at radius 1 is 0.933 bits per heavy atom. The van der Waals surface area contributed by atoms with Crippen LogP contribution in [-0.4, -0.2) is 28.0 Å². The van der Waals surface area contributed by atoms with Crippen molar-refractivity contribution >= 4 is 0 Å². The van der Waals surface area contributed by atoms with Crippen molar-refractivity contribution in [2.75, 3.05) is 13.1 Å². The average molecular weight is 415 g/mol. The zero-order chi connectivity index (χ0) is 21.1. The summed E-state index contributed by atoms with van der Waals surface area (Å²) >= 11 is 0. The van der Waals surface area contributed by atoms with Crippen molar-refractivity contribution in [2.45, 2.75) is 31.5 Å². The third-order valence-corrected chi connectivity index (χ3v) is 5.51. The molecule has 156 valence electrons. The van der Waals surface area contributed by atoms with Crippen molar-refractivity contribution < 1.29 is 17.6 Å². The Morgan fingerprint density at radius 3 is 2.23 bits per heavy atom. The van der Waals surface area contributed by atoms with Gasteiger partial charge < -0.3 is 0 Å². The molecule has 0 saturated carbocycles. The van der Waals surface area contributed by atoms with E-state index in [9.17, 15) is 17.6 Å². The van der Waals surface area contributed by atoms with Crippen LogP contribution in [0.3, 0.4) is 0 Å². The molecule has 0 amide bonds. The van der Waals surface area contributed by atoms with Gasteiger partial charge in [0.05, 0.1) is 18.0 Å². The van der Waals surface area contributed by atoms with E-state index in [4.69, 9.17) is 0 Å². The Morgan fingerprint density at radius 2 is 1.60 bits per heavy atom. The molecule has 1 aliphatic heterocycles. The molecule has 2 aromatic carbocycles. The maximum Gasteiger partial charge on any atom is 0.416 e. The molecule has 1 aromatic heterocycles. The fraction of sp³-hybridized carbons (Fsp3) is 0.304. The minimum Gasteiger partial charge on any atom is -0.299 e. The highest BCUT2D eigenvalue weighted by Gasteiger charge is 2.31. The zero-order valence-corrected chi connectivity index (χ0v) is 16.2. The van der Waals surface area contributed by atoms with Crippen LogP contribution < -0.4 is 0 Å². The topological polar surface area (TPSA) is 29.0 Å². The normalized spacial score (nSPS) is 16.0. The number of alkyl halides is 3. The Labute approximate surface area is 172 Å². The van der Waals surface area contributed by atoms with Crippen LogP contribution in [-0.2, 0) is 12.7 Å². The van der Waals surface area contributed by atoms with Crippen molar-refractivity contribution in [3.63, 3.8) is 0 Å². The van der Waals surface area contributed by atoms with Gasteiger partial charge >= 0.3 is 6.18 Å². The molecule has 3 aromatic rings. The number of aromatic nitrogens is 2. The number of hydrogen-bond acceptors (Lipinski definition) is 3. The first kappa shape index (κ1) is 20.5. The number of hydrogen-bond donors (Lipinski definition) is 0. The monoisotopic (exact) mass is 415 g/mol. The summed E-state index contributed by atoms with van der Waals surface area (Å²) in [5.41, 5.74) is 2.15. The second kappa shape index (κ2) is 8.52. The molecule has 0 bridgehead atoms. The fourth-order valence-corrected chi connectivity index (χ4v) is 3.87. The van der Waals surface area contributed by atoms with Crippen molar-refractivity contribution in [1.29, 1.82) is 0 Å². The predicted molar refractivity (Wildman–Crippen MR) is 106 cm³/mol. The van der Waals surface area contributed by atoms with Crippen molar-refractivity contribution in [3.05, 3.63) is 83.4 Å². The lowest BCUT2D eigenvalue weighted by Crippen LogP contribution is -2.32. The van der Waals surface area contributed by atoms with Gasteiger partial charge in [0, 0.05) is 12.1 Å². The highest BCUT2D eigenvalue weighted by molar-refractivity contribution is 5.54. The van der Waals surface area contributed by atoms with Crippen LogP contribution in [0, 0.1) is 5.82 Å². The summed E-state index contributed by atoms with van der Waals surface area (Å²) in [5.74, 6) is 0.162. The highest BCUT2D eigenvalue weighted by atomic mass is 19.4. The maximum atomic E-state index is 13.0. The molecule has 7 heteroatoms. The summed E-state index contributed by atoms with van der Waals surface area (Å²) in [7, 11) is 0. The van der Waals surface area contributed by atoms with E-state index in [1.165, 1.54) is 12.1 Å². The summed E-state index contributed by atoms with van der Waals surface area (Å²) < 4.78 is 51.8. The van der Waals surface area contributed by atoms with Gasteiger partial charge in [-0.1, -0.05) is 42.5 Å². The largest absolute Gasteiger partial charge is 0.416 e. The van der Waals surface area contributed by atoms with Crippen LogP contribution in [0.15, 0.2) is 60.9 Å². The van der Waals surface area contributed by atoms with E-state index in [1.54, 1.807) is 6.07 Å². The third-order valence-electron chi connectivity index (χ3n) is 5.51. The van der Waals surface area contributed by atoms with E-state index in [0.29, 0.717) is 5.82 Å². The quantitative estimate of drug-likeness (QED) is 0.514. The molecule has 2 heterocycles. The Kier molecular flexibility index (Phi) is 5.81. The number of rotatable bonds is 4. The van der Waals surface area contributed by atoms with E-state index in [-0.39, 0.29) is 5.92 Å². The molecule has 1 aliphatic rings. The van der Waals surface area contributed by atoms with E-state index in [0.717, 1.165) is 67.6 Å². The van der Waals surface area contributed by atoms with Gasteiger partial charge in [0.2, 0.25) is 0 Å². The standard InChI is InChI=1S/C23H21F4N3/c24-21-13-28-22(29-14-21)18-6-4-16(5-7-18)15-30-10-8-17(9-11-30)19-2-1-3-20(12-19)23(25,26)27/h1-7,12-14,17H,8-11,15H2. The first-order valence-corrected chi connectivity index (χ1v) is 9.85. The van der Waals surface area contributed by atoms with Crippen molar-refractivity contribution in [1.82, 2.24) is 14.9 Å². The minimum atomic E-state index is -4.30. The van der Waals surface area contributed by atoms with Crippen molar-refractivity contribution in [2.24, 2.45) is 0 Å². The summed E-state index contributed by atoms with van der Waals surface area (Å²) in [5, 5.41) is 0. The first-order chi connectivity index (χ1) is 14.4. The molecule has 0 aliphatic carbocycles. The van der Waals surface area contributed by atoms with Gasteiger partial charge in [0.15, 0.2) is 11.6 Å². The van der Waals surface area contributed by atoms with E-state index in [1.807, 2.05) is 24.3 Å². The molecule has 30 heavy (non-hydrogen) atoms. The Hall–Kier alpha value is -2.80. The SMILES string of the molecule is Fc1cnc(-c2ccc(CN3CCC(c4cccc(C(F)(F)F)c4)CC3)cc2)nc1. The molecule has 0 unspecified atom stereocenters. The minimum absolute atomic E-state index is 0.154. The summed E-state index contributed by atoms with van der Waals surface area (Å²) in [6, 6.07) is 13.5. The number of nitrogens with zero attached hydrogens (tertiary/aromatic N) is 3. The van der Waals surface area contributed by atoms with Crippen LogP contribution in [0.25, 0.3) is 11.4 Å². The molecule has 0 spiro atoms. The maximum absolute atomic E-state index is 13.0. The van der Waals surface area contributed by atoms with Crippen LogP contribution in [0.1, 0.15) is 35.4 Å². The number of benzene rings is 2. The van der Waals surface area contributed by atoms with E-state index < -0.39 is 17.6 Å². The lowest BCUT2D eigenvalue weighted by Gasteiger charge is -2.32. The van der Waals surface area contributed by atoms with Gasteiger partial charge in [-0.05, 0) is 49.0 Å². The molecule has 4 rings (SSSR count). The van der Waals surface area contributed by atoms with E-state index >= 15 is 0 Å². The zero-order valence-electron chi connectivity index (χ0n) is 16.2. The highest BCUT2D eigenvalue weighted by Crippen LogP contribution is 2.34. The number of halogens is 4. The van der Waals surface area contributed by atoms with Crippen LogP contribution in [0.2, 0.25) is 0 Å². The predicted octanol–water partition coefficient (Wildman–Crippen LogP) is 5.68. The van der Waals surface area contributed by atoms with E-state index in [2.05, 4.69) is 14.9 Å². The fourth-order valence-electron chi connectivity index (χ4n) is 3.87.